The van der Waals surface area contributed by atoms with Gasteiger partial charge in [0.15, 0.2) is 5.82 Å². The van der Waals surface area contributed by atoms with Crippen LogP contribution in [-0.4, -0.2) is 15.0 Å². The van der Waals surface area contributed by atoms with Crippen molar-refractivity contribution in [3.8, 4) is 22.5 Å². The van der Waals surface area contributed by atoms with Crippen LogP contribution in [0.4, 0.5) is 4.39 Å². The molecule has 116 valence electrons. The number of hydrogen-bond donors (Lipinski definition) is 0. The van der Waals surface area contributed by atoms with E-state index in [0.717, 1.165) is 27.6 Å². The summed E-state index contributed by atoms with van der Waals surface area (Å²) in [5.74, 6) is 0.264. The Kier molecular flexibility index (Phi) is 3.67. The molecule has 0 unspecified atom stereocenters. The van der Waals surface area contributed by atoms with Gasteiger partial charge in [0.25, 0.3) is 0 Å². The lowest BCUT2D eigenvalue weighted by Gasteiger charge is -2.07. The molecule has 2 aromatic heterocycles. The summed E-state index contributed by atoms with van der Waals surface area (Å²) in [6.07, 6.45) is 3.39. The monoisotopic (exact) mass is 335 g/mol. The molecule has 0 spiro atoms. The molecule has 0 bridgehead atoms. The van der Waals surface area contributed by atoms with E-state index in [-0.39, 0.29) is 5.82 Å². The minimum absolute atomic E-state index is 0.260. The number of nitrogens with zero attached hydrogens (tertiary/aromatic N) is 3. The zero-order chi connectivity index (χ0) is 16.5. The van der Waals surface area contributed by atoms with Gasteiger partial charge in [-0.2, -0.15) is 0 Å². The predicted molar refractivity (Wildman–Crippen MR) is 93.2 cm³/mol. The van der Waals surface area contributed by atoms with Crippen molar-refractivity contribution in [3.05, 3.63) is 78.0 Å². The van der Waals surface area contributed by atoms with Crippen molar-refractivity contribution in [2.24, 2.45) is 0 Å². The Bertz CT molecular complexity index is 1020. The van der Waals surface area contributed by atoms with E-state index in [9.17, 15) is 4.39 Å². The molecule has 0 fully saturated rings. The van der Waals surface area contributed by atoms with Crippen molar-refractivity contribution >= 4 is 22.5 Å². The van der Waals surface area contributed by atoms with Gasteiger partial charge in [0.1, 0.15) is 11.0 Å². The van der Waals surface area contributed by atoms with E-state index >= 15 is 0 Å². The maximum Gasteiger partial charge on any atom is 0.163 e. The molecule has 2 heterocycles. The molecule has 0 aliphatic rings. The highest BCUT2D eigenvalue weighted by atomic mass is 35.5. The van der Waals surface area contributed by atoms with Gasteiger partial charge in [0, 0.05) is 23.3 Å². The standard InChI is InChI=1S/C19H11ClFN3/c20-18-16-8-5-13(12-3-6-15(21)7-4-12)10-17(16)23-19(24-18)14-2-1-9-22-11-14/h1-11H. The Morgan fingerprint density at radius 3 is 2.38 bits per heavy atom. The number of hydrogen-bond acceptors (Lipinski definition) is 3. The number of rotatable bonds is 2. The molecule has 4 rings (SSSR count). The quantitative estimate of drug-likeness (QED) is 0.475. The lowest BCUT2D eigenvalue weighted by Crippen LogP contribution is -1.93. The Balaban J connectivity index is 1.87. The van der Waals surface area contributed by atoms with Gasteiger partial charge in [-0.15, -0.1) is 0 Å². The van der Waals surface area contributed by atoms with Crippen molar-refractivity contribution in [1.29, 1.82) is 0 Å². The van der Waals surface area contributed by atoms with Crippen molar-refractivity contribution in [1.82, 2.24) is 15.0 Å². The van der Waals surface area contributed by atoms with Crippen LogP contribution < -0.4 is 0 Å². The molecule has 0 radical (unpaired) electrons. The summed E-state index contributed by atoms with van der Waals surface area (Å²) in [6.45, 7) is 0. The molecule has 0 saturated carbocycles. The fourth-order valence-corrected chi connectivity index (χ4v) is 2.78. The first-order valence-corrected chi connectivity index (χ1v) is 7.72. The molecule has 24 heavy (non-hydrogen) atoms. The average molecular weight is 336 g/mol. The Morgan fingerprint density at radius 2 is 1.62 bits per heavy atom. The molecule has 0 aliphatic heterocycles. The van der Waals surface area contributed by atoms with E-state index in [2.05, 4.69) is 15.0 Å². The van der Waals surface area contributed by atoms with Gasteiger partial charge in [-0.25, -0.2) is 14.4 Å². The van der Waals surface area contributed by atoms with Crippen LogP contribution in [-0.2, 0) is 0 Å². The number of halogens is 2. The molecule has 0 amide bonds. The van der Waals surface area contributed by atoms with Crippen LogP contribution in [0.2, 0.25) is 5.15 Å². The summed E-state index contributed by atoms with van der Waals surface area (Å²) in [6, 6.07) is 15.8. The molecular formula is C19H11ClFN3. The molecular weight excluding hydrogens is 325 g/mol. The molecule has 0 saturated heterocycles. The van der Waals surface area contributed by atoms with Gasteiger partial charge in [0.05, 0.1) is 5.52 Å². The van der Waals surface area contributed by atoms with Gasteiger partial charge in [-0.05, 0) is 47.5 Å². The van der Waals surface area contributed by atoms with Crippen molar-refractivity contribution in [2.45, 2.75) is 0 Å². The Labute approximate surface area is 142 Å². The lowest BCUT2D eigenvalue weighted by molar-refractivity contribution is 0.628. The second-order valence-corrected chi connectivity index (χ2v) is 5.68. The van der Waals surface area contributed by atoms with Gasteiger partial charge in [-0.1, -0.05) is 29.8 Å². The summed E-state index contributed by atoms with van der Waals surface area (Å²) in [4.78, 5) is 13.0. The zero-order valence-corrected chi connectivity index (χ0v) is 13.2. The minimum atomic E-state index is -0.260. The fraction of sp³-hybridized carbons (Fsp3) is 0. The predicted octanol–water partition coefficient (Wildman–Crippen LogP) is 5.15. The van der Waals surface area contributed by atoms with Crippen LogP contribution in [0.1, 0.15) is 0 Å². The highest BCUT2D eigenvalue weighted by Gasteiger charge is 2.09. The Hall–Kier alpha value is -2.85. The second-order valence-electron chi connectivity index (χ2n) is 5.32. The Morgan fingerprint density at radius 1 is 0.833 bits per heavy atom. The molecule has 3 nitrogen and oxygen atoms in total. The maximum absolute atomic E-state index is 13.1. The molecule has 0 N–H and O–H groups in total. The van der Waals surface area contributed by atoms with E-state index in [0.29, 0.717) is 11.0 Å². The highest BCUT2D eigenvalue weighted by Crippen LogP contribution is 2.29. The summed E-state index contributed by atoms with van der Waals surface area (Å²) in [5.41, 5.74) is 3.38. The first-order chi connectivity index (χ1) is 11.7. The van der Waals surface area contributed by atoms with Gasteiger partial charge in [0.2, 0.25) is 0 Å². The van der Waals surface area contributed by atoms with E-state index in [1.165, 1.54) is 12.1 Å². The van der Waals surface area contributed by atoms with E-state index in [1.807, 2.05) is 30.3 Å². The normalized spacial score (nSPS) is 10.9. The largest absolute Gasteiger partial charge is 0.264 e. The number of pyridine rings is 1. The minimum Gasteiger partial charge on any atom is -0.264 e. The van der Waals surface area contributed by atoms with E-state index in [4.69, 9.17) is 11.6 Å². The number of aromatic nitrogens is 3. The summed E-state index contributed by atoms with van der Waals surface area (Å²) >= 11 is 6.31. The van der Waals surface area contributed by atoms with E-state index < -0.39 is 0 Å². The third-order valence-corrected chi connectivity index (χ3v) is 4.04. The first kappa shape index (κ1) is 14.7. The van der Waals surface area contributed by atoms with Crippen molar-refractivity contribution in [3.63, 3.8) is 0 Å². The van der Waals surface area contributed by atoms with Crippen molar-refractivity contribution < 1.29 is 4.39 Å². The van der Waals surface area contributed by atoms with Crippen LogP contribution in [0.25, 0.3) is 33.4 Å². The maximum atomic E-state index is 13.1. The van der Waals surface area contributed by atoms with Crippen LogP contribution in [0.3, 0.4) is 0 Å². The summed E-state index contributed by atoms with van der Waals surface area (Å²) in [5, 5.41) is 1.17. The molecule has 4 aromatic rings. The third-order valence-electron chi connectivity index (χ3n) is 3.75. The van der Waals surface area contributed by atoms with Crippen LogP contribution in [0, 0.1) is 5.82 Å². The first-order valence-electron chi connectivity index (χ1n) is 7.34. The van der Waals surface area contributed by atoms with Crippen LogP contribution in [0.5, 0.6) is 0 Å². The molecule has 5 heteroatoms. The SMILES string of the molecule is Fc1ccc(-c2ccc3c(Cl)nc(-c4cccnc4)nc3c2)cc1. The highest BCUT2D eigenvalue weighted by molar-refractivity contribution is 6.34. The van der Waals surface area contributed by atoms with E-state index in [1.54, 1.807) is 24.5 Å². The number of benzene rings is 2. The van der Waals surface area contributed by atoms with Crippen LogP contribution in [0.15, 0.2) is 67.0 Å². The molecule has 2 aromatic carbocycles. The van der Waals surface area contributed by atoms with Gasteiger partial charge >= 0.3 is 0 Å². The third kappa shape index (κ3) is 2.72. The van der Waals surface area contributed by atoms with Crippen LogP contribution >= 0.6 is 11.6 Å². The summed E-state index contributed by atoms with van der Waals surface area (Å²) < 4.78 is 13.1. The second kappa shape index (κ2) is 5.98. The molecule has 0 atom stereocenters. The lowest BCUT2D eigenvalue weighted by atomic mass is 10.0. The molecule has 0 aliphatic carbocycles. The smallest absolute Gasteiger partial charge is 0.163 e. The topological polar surface area (TPSA) is 38.7 Å². The number of fused-ring (bicyclic) bond motifs is 1. The summed E-state index contributed by atoms with van der Waals surface area (Å²) in [7, 11) is 0. The van der Waals surface area contributed by atoms with Crippen molar-refractivity contribution in [2.75, 3.05) is 0 Å². The zero-order valence-electron chi connectivity index (χ0n) is 12.4. The fourth-order valence-electron chi connectivity index (χ4n) is 2.54. The van der Waals surface area contributed by atoms with Gasteiger partial charge in [-0.3, -0.25) is 4.98 Å². The average Bonchev–Trinajstić information content (AvgIpc) is 2.62. The van der Waals surface area contributed by atoms with Gasteiger partial charge < -0.3 is 0 Å².